The summed E-state index contributed by atoms with van der Waals surface area (Å²) in [6, 6.07) is 0. The zero-order valence-corrected chi connectivity index (χ0v) is 9.29. The van der Waals surface area contributed by atoms with Crippen LogP contribution in [0.25, 0.3) is 0 Å². The minimum Gasteiger partial charge on any atom is -0.460 e. The SMILES string of the molecule is COCC(C)OC(=O)C(C)CCCN. The zero-order chi connectivity index (χ0) is 11.0. The number of methoxy groups -OCH3 is 1. The lowest BCUT2D eigenvalue weighted by Crippen LogP contribution is -2.24. The van der Waals surface area contributed by atoms with Crippen molar-refractivity contribution in [3.8, 4) is 0 Å². The van der Waals surface area contributed by atoms with Crippen LogP contribution in [0.2, 0.25) is 0 Å². The Morgan fingerprint density at radius 1 is 1.43 bits per heavy atom. The normalized spacial score (nSPS) is 14.9. The maximum atomic E-state index is 11.4. The van der Waals surface area contributed by atoms with Crippen LogP contribution in [0, 0.1) is 5.92 Å². The van der Waals surface area contributed by atoms with E-state index in [9.17, 15) is 4.79 Å². The third-order valence-electron chi connectivity index (χ3n) is 1.96. The Hall–Kier alpha value is -0.610. The highest BCUT2D eigenvalue weighted by atomic mass is 16.6. The fourth-order valence-corrected chi connectivity index (χ4v) is 1.13. The Balaban J connectivity index is 3.71. The van der Waals surface area contributed by atoms with Crippen molar-refractivity contribution in [3.63, 3.8) is 0 Å². The Morgan fingerprint density at radius 2 is 2.07 bits per heavy atom. The fraction of sp³-hybridized carbons (Fsp3) is 0.900. The van der Waals surface area contributed by atoms with Gasteiger partial charge in [-0.3, -0.25) is 4.79 Å². The molecule has 0 amide bonds. The Labute approximate surface area is 85.8 Å². The van der Waals surface area contributed by atoms with Gasteiger partial charge in [0.2, 0.25) is 0 Å². The van der Waals surface area contributed by atoms with Crippen molar-refractivity contribution >= 4 is 5.97 Å². The van der Waals surface area contributed by atoms with E-state index in [4.69, 9.17) is 15.2 Å². The van der Waals surface area contributed by atoms with Crippen molar-refractivity contribution < 1.29 is 14.3 Å². The highest BCUT2D eigenvalue weighted by molar-refractivity contribution is 5.72. The maximum Gasteiger partial charge on any atom is 0.308 e. The number of hydrogen-bond acceptors (Lipinski definition) is 4. The molecule has 0 bridgehead atoms. The third kappa shape index (κ3) is 5.94. The highest BCUT2D eigenvalue weighted by Crippen LogP contribution is 2.08. The van der Waals surface area contributed by atoms with Gasteiger partial charge in [-0.05, 0) is 26.3 Å². The molecule has 0 aliphatic carbocycles. The van der Waals surface area contributed by atoms with Crippen molar-refractivity contribution in [1.29, 1.82) is 0 Å². The molecule has 0 aromatic carbocycles. The first-order chi connectivity index (χ1) is 6.61. The first kappa shape index (κ1) is 13.4. The molecule has 0 aromatic heterocycles. The summed E-state index contributed by atoms with van der Waals surface area (Å²) in [5, 5.41) is 0. The molecule has 2 atom stereocenters. The largest absolute Gasteiger partial charge is 0.460 e. The summed E-state index contributed by atoms with van der Waals surface area (Å²) in [5.41, 5.74) is 5.35. The first-order valence-corrected chi connectivity index (χ1v) is 5.01. The molecular formula is C10H21NO3. The summed E-state index contributed by atoms with van der Waals surface area (Å²) in [6.07, 6.45) is 1.47. The molecule has 0 radical (unpaired) electrons. The predicted molar refractivity (Wildman–Crippen MR) is 54.9 cm³/mol. The summed E-state index contributed by atoms with van der Waals surface area (Å²) in [6.45, 7) is 4.73. The van der Waals surface area contributed by atoms with Gasteiger partial charge in [0, 0.05) is 7.11 Å². The second-order valence-electron chi connectivity index (χ2n) is 3.53. The van der Waals surface area contributed by atoms with Crippen LogP contribution >= 0.6 is 0 Å². The molecule has 14 heavy (non-hydrogen) atoms. The molecule has 4 heteroatoms. The summed E-state index contributed by atoms with van der Waals surface area (Å²) in [7, 11) is 1.59. The van der Waals surface area contributed by atoms with Crippen LogP contribution in [0.4, 0.5) is 0 Å². The molecule has 0 saturated carbocycles. The Morgan fingerprint density at radius 3 is 2.57 bits per heavy atom. The number of esters is 1. The topological polar surface area (TPSA) is 61.5 Å². The van der Waals surface area contributed by atoms with E-state index < -0.39 is 0 Å². The Kier molecular flexibility index (Phi) is 7.42. The van der Waals surface area contributed by atoms with Crippen molar-refractivity contribution in [1.82, 2.24) is 0 Å². The predicted octanol–water partition coefficient (Wildman–Crippen LogP) is 0.940. The molecule has 4 nitrogen and oxygen atoms in total. The molecule has 0 spiro atoms. The molecule has 2 N–H and O–H groups in total. The van der Waals surface area contributed by atoms with Crippen molar-refractivity contribution in [2.45, 2.75) is 32.8 Å². The summed E-state index contributed by atoms with van der Waals surface area (Å²) < 4.78 is 10.0. The van der Waals surface area contributed by atoms with E-state index in [1.807, 2.05) is 13.8 Å². The van der Waals surface area contributed by atoms with Crippen LogP contribution in [-0.4, -0.2) is 32.3 Å². The maximum absolute atomic E-state index is 11.4. The quantitative estimate of drug-likeness (QED) is 0.625. The number of ether oxygens (including phenoxy) is 2. The number of nitrogens with two attached hydrogens (primary N) is 1. The average molecular weight is 203 g/mol. The van der Waals surface area contributed by atoms with Crippen molar-refractivity contribution in [3.05, 3.63) is 0 Å². The van der Waals surface area contributed by atoms with Gasteiger partial charge in [0.25, 0.3) is 0 Å². The lowest BCUT2D eigenvalue weighted by Gasteiger charge is -2.15. The molecule has 0 saturated heterocycles. The van der Waals surface area contributed by atoms with Crippen LogP contribution in [-0.2, 0) is 14.3 Å². The molecule has 0 heterocycles. The standard InChI is InChI=1S/C10H21NO3/c1-8(5-4-6-11)10(12)14-9(2)7-13-3/h8-9H,4-7,11H2,1-3H3. The van der Waals surface area contributed by atoms with Gasteiger partial charge in [-0.25, -0.2) is 0 Å². The second kappa shape index (κ2) is 7.76. The minimum absolute atomic E-state index is 0.0714. The van der Waals surface area contributed by atoms with Gasteiger partial charge in [0.05, 0.1) is 12.5 Å². The molecule has 2 unspecified atom stereocenters. The van der Waals surface area contributed by atoms with Gasteiger partial charge in [-0.1, -0.05) is 6.92 Å². The van der Waals surface area contributed by atoms with Gasteiger partial charge in [0.15, 0.2) is 0 Å². The van der Waals surface area contributed by atoms with Crippen LogP contribution in [0.15, 0.2) is 0 Å². The number of carbonyl (C=O) groups excluding carboxylic acids is 1. The highest BCUT2D eigenvalue weighted by Gasteiger charge is 2.16. The molecule has 0 aromatic rings. The molecule has 0 aliphatic heterocycles. The summed E-state index contributed by atoms with van der Waals surface area (Å²) in [4.78, 5) is 11.4. The number of hydrogen-bond donors (Lipinski definition) is 1. The molecule has 0 rings (SSSR count). The van der Waals surface area contributed by atoms with E-state index in [0.717, 1.165) is 12.8 Å². The van der Waals surface area contributed by atoms with Gasteiger partial charge >= 0.3 is 5.97 Å². The minimum atomic E-state index is -0.173. The third-order valence-corrected chi connectivity index (χ3v) is 1.96. The van der Waals surface area contributed by atoms with Gasteiger partial charge < -0.3 is 15.2 Å². The van der Waals surface area contributed by atoms with Crippen molar-refractivity contribution in [2.24, 2.45) is 11.7 Å². The molecular weight excluding hydrogens is 182 g/mol. The monoisotopic (exact) mass is 203 g/mol. The van der Waals surface area contributed by atoms with E-state index >= 15 is 0 Å². The Bertz CT molecular complexity index is 161. The number of carbonyl (C=O) groups is 1. The number of rotatable bonds is 7. The second-order valence-corrected chi connectivity index (χ2v) is 3.53. The smallest absolute Gasteiger partial charge is 0.308 e. The lowest BCUT2D eigenvalue weighted by molar-refractivity contribution is -0.155. The van der Waals surface area contributed by atoms with Crippen LogP contribution in [0.5, 0.6) is 0 Å². The van der Waals surface area contributed by atoms with Gasteiger partial charge in [-0.15, -0.1) is 0 Å². The lowest BCUT2D eigenvalue weighted by atomic mass is 10.1. The molecule has 0 aliphatic rings. The average Bonchev–Trinajstić information content (AvgIpc) is 2.14. The zero-order valence-electron chi connectivity index (χ0n) is 9.29. The van der Waals surface area contributed by atoms with E-state index in [0.29, 0.717) is 13.2 Å². The summed E-state index contributed by atoms with van der Waals surface area (Å²) in [5.74, 6) is -0.235. The fourth-order valence-electron chi connectivity index (χ4n) is 1.13. The van der Waals surface area contributed by atoms with Crippen LogP contribution in [0.3, 0.4) is 0 Å². The van der Waals surface area contributed by atoms with Crippen LogP contribution < -0.4 is 5.73 Å². The van der Waals surface area contributed by atoms with Crippen LogP contribution in [0.1, 0.15) is 26.7 Å². The first-order valence-electron chi connectivity index (χ1n) is 5.01. The van der Waals surface area contributed by atoms with E-state index in [1.54, 1.807) is 7.11 Å². The molecule has 0 fully saturated rings. The molecule has 84 valence electrons. The van der Waals surface area contributed by atoms with Crippen molar-refractivity contribution in [2.75, 3.05) is 20.3 Å². The van der Waals surface area contributed by atoms with Gasteiger partial charge in [0.1, 0.15) is 6.10 Å². The van der Waals surface area contributed by atoms with E-state index in [2.05, 4.69) is 0 Å². The summed E-state index contributed by atoms with van der Waals surface area (Å²) >= 11 is 0. The van der Waals surface area contributed by atoms with E-state index in [1.165, 1.54) is 0 Å². The van der Waals surface area contributed by atoms with Gasteiger partial charge in [-0.2, -0.15) is 0 Å². The van der Waals surface area contributed by atoms with E-state index in [-0.39, 0.29) is 18.0 Å².